The summed E-state index contributed by atoms with van der Waals surface area (Å²) in [6.07, 6.45) is 3.44. The van der Waals surface area contributed by atoms with Gasteiger partial charge in [0, 0.05) is 56.7 Å². The number of aliphatic hydroxyl groups is 1. The van der Waals surface area contributed by atoms with Crippen LogP contribution in [0.15, 0.2) is 53.6 Å². The first-order chi connectivity index (χ1) is 19.3. The fourth-order valence-electron chi connectivity index (χ4n) is 5.39. The molecule has 40 heavy (non-hydrogen) atoms. The first-order valence-corrected chi connectivity index (χ1v) is 12.8. The molecule has 4 aromatic rings. The molecule has 11 nitrogen and oxygen atoms in total. The van der Waals surface area contributed by atoms with Crippen molar-refractivity contribution in [1.29, 1.82) is 0 Å². The number of carbonyl (C=O) groups excluding carboxylic acids is 1. The number of nitrogens with zero attached hydrogens (tertiary/aromatic N) is 6. The molecule has 0 radical (unpaired) electrons. The van der Waals surface area contributed by atoms with E-state index in [1.165, 1.54) is 16.8 Å². The number of carbonyl (C=O) groups is 1. The molecule has 2 N–H and O–H groups in total. The molecule has 2 amide bonds. The molecular formula is C27H27F2N7O4. The molecule has 4 heterocycles. The molecule has 0 aliphatic carbocycles. The van der Waals surface area contributed by atoms with Crippen LogP contribution in [0.5, 0.6) is 5.75 Å². The topological polar surface area (TPSA) is 118 Å². The van der Waals surface area contributed by atoms with Crippen molar-refractivity contribution in [1.82, 2.24) is 29.5 Å². The summed E-state index contributed by atoms with van der Waals surface area (Å²) in [5.41, 5.74) is 2.82. The zero-order valence-electron chi connectivity index (χ0n) is 21.6. The van der Waals surface area contributed by atoms with Crippen molar-refractivity contribution in [3.05, 3.63) is 70.3 Å². The second-order valence-corrected chi connectivity index (χ2v) is 9.85. The maximum atomic E-state index is 13.1. The number of aliphatic hydroxyl groups excluding tert-OH is 1. The van der Waals surface area contributed by atoms with Gasteiger partial charge in [-0.15, -0.1) is 0 Å². The van der Waals surface area contributed by atoms with E-state index in [2.05, 4.69) is 20.2 Å². The number of ether oxygens (including phenoxy) is 1. The number of anilines is 1. The highest BCUT2D eigenvalue weighted by molar-refractivity contribution is 5.84. The van der Waals surface area contributed by atoms with Crippen LogP contribution in [0.1, 0.15) is 11.1 Å². The maximum absolute atomic E-state index is 13.1. The minimum absolute atomic E-state index is 0.0276. The minimum Gasteiger partial charge on any atom is -0.434 e. The zero-order chi connectivity index (χ0) is 28.0. The van der Waals surface area contributed by atoms with Crippen LogP contribution in [0.4, 0.5) is 19.5 Å². The first-order valence-electron chi connectivity index (χ1n) is 12.8. The normalized spacial score (nSPS) is 17.0. The van der Waals surface area contributed by atoms with Crippen molar-refractivity contribution in [2.45, 2.75) is 25.8 Å². The molecule has 13 heteroatoms. The number of nitrogens with one attached hydrogen (secondary N) is 1. The largest absolute Gasteiger partial charge is 0.434 e. The highest BCUT2D eigenvalue weighted by atomic mass is 19.3. The van der Waals surface area contributed by atoms with Gasteiger partial charge >= 0.3 is 12.6 Å². The fraction of sp³-hybridized carbons (Fsp3) is 0.333. The van der Waals surface area contributed by atoms with E-state index in [4.69, 9.17) is 4.74 Å². The molecule has 1 atom stereocenters. The van der Waals surface area contributed by atoms with Crippen LogP contribution in [0.2, 0.25) is 0 Å². The van der Waals surface area contributed by atoms with E-state index in [1.807, 2.05) is 17.0 Å². The number of amides is 2. The lowest BCUT2D eigenvalue weighted by Gasteiger charge is -2.36. The average Bonchev–Trinajstić information content (AvgIpc) is 3.45. The van der Waals surface area contributed by atoms with Crippen molar-refractivity contribution in [2.24, 2.45) is 7.05 Å². The van der Waals surface area contributed by atoms with Gasteiger partial charge < -0.3 is 25.0 Å². The number of hydrogen-bond acceptors (Lipinski definition) is 7. The standard InChI is InChI=1S/C27H27F2N7O4/c1-33-24(38)21-4-3-17(9-22(21)36(33)13-18-8-16(15-37)2-5-23(18)40-25(28)29)19-10-30-26(31-11-19)34-6-7-35-20(14-34)12-32-27(35)39/h2-5,8-11,20,25,37H,6-7,12-15H2,1H3,(H,32,39). The lowest BCUT2D eigenvalue weighted by molar-refractivity contribution is -0.0505. The maximum Gasteiger partial charge on any atom is 0.387 e. The van der Waals surface area contributed by atoms with Gasteiger partial charge in [-0.2, -0.15) is 8.78 Å². The SMILES string of the molecule is Cn1c(=O)c2ccc(-c3cnc(N4CCN5C(=O)NCC5C4)nc3)cc2n1Cc1cc(CO)ccc1OC(F)F. The van der Waals surface area contributed by atoms with E-state index < -0.39 is 6.61 Å². The van der Waals surface area contributed by atoms with Gasteiger partial charge in [-0.25, -0.2) is 14.8 Å². The van der Waals surface area contributed by atoms with Crippen LogP contribution in [0.3, 0.4) is 0 Å². The Morgan fingerprint density at radius 1 is 1.10 bits per heavy atom. The third-order valence-corrected chi connectivity index (χ3v) is 7.49. The van der Waals surface area contributed by atoms with Crippen molar-refractivity contribution >= 4 is 22.9 Å². The Hall–Kier alpha value is -4.52. The molecule has 2 aliphatic rings. The predicted octanol–water partition coefficient (Wildman–Crippen LogP) is 2.15. The van der Waals surface area contributed by atoms with E-state index in [0.29, 0.717) is 54.2 Å². The lowest BCUT2D eigenvalue weighted by atomic mass is 10.1. The van der Waals surface area contributed by atoms with Gasteiger partial charge in [-0.05, 0) is 35.4 Å². The summed E-state index contributed by atoms with van der Waals surface area (Å²) in [6, 6.07) is 9.93. The van der Waals surface area contributed by atoms with Crippen LogP contribution in [0, 0.1) is 0 Å². The van der Waals surface area contributed by atoms with Crippen LogP contribution in [0.25, 0.3) is 22.0 Å². The van der Waals surface area contributed by atoms with Crippen molar-refractivity contribution in [3.8, 4) is 16.9 Å². The number of halogens is 2. The summed E-state index contributed by atoms with van der Waals surface area (Å²) in [4.78, 5) is 37.9. The smallest absolute Gasteiger partial charge is 0.387 e. The van der Waals surface area contributed by atoms with Gasteiger partial charge in [0.05, 0.1) is 30.1 Å². The fourth-order valence-corrected chi connectivity index (χ4v) is 5.39. The number of rotatable bonds is 7. The van der Waals surface area contributed by atoms with E-state index in [1.54, 1.807) is 36.3 Å². The molecule has 1 unspecified atom stereocenters. The molecule has 0 spiro atoms. The third-order valence-electron chi connectivity index (χ3n) is 7.49. The van der Waals surface area contributed by atoms with E-state index in [9.17, 15) is 23.5 Å². The highest BCUT2D eigenvalue weighted by Crippen LogP contribution is 2.28. The van der Waals surface area contributed by atoms with Gasteiger partial charge in [0.15, 0.2) is 0 Å². The molecule has 2 aromatic heterocycles. The summed E-state index contributed by atoms with van der Waals surface area (Å²) in [6.45, 7) is -0.718. The second-order valence-electron chi connectivity index (χ2n) is 9.85. The van der Waals surface area contributed by atoms with E-state index >= 15 is 0 Å². The number of alkyl halides is 2. The molecule has 208 valence electrons. The number of urea groups is 1. The first kappa shape index (κ1) is 25.7. The van der Waals surface area contributed by atoms with Gasteiger partial charge in [0.1, 0.15) is 5.75 Å². The van der Waals surface area contributed by atoms with E-state index in [0.717, 1.165) is 11.1 Å². The molecular weight excluding hydrogens is 524 g/mol. The number of fused-ring (bicyclic) bond motifs is 2. The van der Waals surface area contributed by atoms with Gasteiger partial charge in [0.25, 0.3) is 5.56 Å². The molecule has 0 bridgehead atoms. The van der Waals surface area contributed by atoms with Crippen molar-refractivity contribution in [2.75, 3.05) is 31.1 Å². The number of hydrogen-bond donors (Lipinski definition) is 2. The number of benzene rings is 2. The van der Waals surface area contributed by atoms with Crippen LogP contribution in [-0.2, 0) is 20.2 Å². The lowest BCUT2D eigenvalue weighted by Crippen LogP contribution is -2.52. The molecule has 6 rings (SSSR count). The Balaban J connectivity index is 1.30. The minimum atomic E-state index is -3.01. The van der Waals surface area contributed by atoms with E-state index in [-0.39, 0.29) is 36.5 Å². The number of aromatic nitrogens is 4. The van der Waals surface area contributed by atoms with Gasteiger partial charge in [-0.1, -0.05) is 12.1 Å². The summed E-state index contributed by atoms with van der Waals surface area (Å²) < 4.78 is 33.9. The second kappa shape index (κ2) is 10.2. The Kier molecular flexibility index (Phi) is 6.58. The van der Waals surface area contributed by atoms with Crippen LogP contribution >= 0.6 is 0 Å². The Bertz CT molecular complexity index is 1640. The van der Waals surface area contributed by atoms with Crippen molar-refractivity contribution in [3.63, 3.8) is 0 Å². The molecule has 2 fully saturated rings. The summed E-state index contributed by atoms with van der Waals surface area (Å²) in [5.74, 6) is 0.552. The Morgan fingerprint density at radius 3 is 2.65 bits per heavy atom. The summed E-state index contributed by atoms with van der Waals surface area (Å²) >= 11 is 0. The average molecular weight is 552 g/mol. The predicted molar refractivity (Wildman–Crippen MR) is 142 cm³/mol. The molecule has 0 saturated carbocycles. The molecule has 2 saturated heterocycles. The van der Waals surface area contributed by atoms with Gasteiger partial charge in [-0.3, -0.25) is 14.2 Å². The number of piperazine rings is 1. The molecule has 2 aromatic carbocycles. The highest BCUT2D eigenvalue weighted by Gasteiger charge is 2.36. The Morgan fingerprint density at radius 2 is 1.90 bits per heavy atom. The summed E-state index contributed by atoms with van der Waals surface area (Å²) in [5, 5.41) is 12.9. The van der Waals surface area contributed by atoms with Crippen LogP contribution in [-0.4, -0.2) is 74.2 Å². The zero-order valence-corrected chi connectivity index (χ0v) is 21.6. The Labute approximate surface area is 227 Å². The monoisotopic (exact) mass is 551 g/mol. The van der Waals surface area contributed by atoms with Crippen LogP contribution < -0.4 is 20.5 Å². The van der Waals surface area contributed by atoms with Gasteiger partial charge in [0.2, 0.25) is 5.95 Å². The molecule has 2 aliphatic heterocycles. The van der Waals surface area contributed by atoms with Crippen molar-refractivity contribution < 1.29 is 23.4 Å². The third kappa shape index (κ3) is 4.62. The quantitative estimate of drug-likeness (QED) is 0.362. The summed E-state index contributed by atoms with van der Waals surface area (Å²) in [7, 11) is 1.61.